The van der Waals surface area contributed by atoms with E-state index >= 15 is 0 Å². The molecule has 0 heterocycles. The number of aliphatic hydroxyl groups is 1. The van der Waals surface area contributed by atoms with Crippen LogP contribution in [0.5, 0.6) is 11.5 Å². The fourth-order valence-electron chi connectivity index (χ4n) is 2.35. The summed E-state index contributed by atoms with van der Waals surface area (Å²) in [7, 11) is 3.16. The zero-order valence-electron chi connectivity index (χ0n) is 14.1. The van der Waals surface area contributed by atoms with E-state index in [-0.39, 0.29) is 11.5 Å². The van der Waals surface area contributed by atoms with Gasteiger partial charge in [0.15, 0.2) is 11.5 Å². The van der Waals surface area contributed by atoms with E-state index < -0.39 is 0 Å². The average molecular weight is 362 g/mol. The third-order valence-corrected chi connectivity index (χ3v) is 3.93. The molecule has 132 valence electrons. The highest BCUT2D eigenvalue weighted by Gasteiger charge is 2.12. The van der Waals surface area contributed by atoms with Crippen LogP contribution in [0.4, 0.5) is 0 Å². The van der Waals surface area contributed by atoms with Gasteiger partial charge in [-0.15, -0.1) is 0 Å². The molecule has 0 saturated carbocycles. The lowest BCUT2D eigenvalue weighted by molar-refractivity contribution is -0.115. The molecule has 0 atom stereocenters. The molecule has 0 fully saturated rings. The van der Waals surface area contributed by atoms with Crippen molar-refractivity contribution in [1.82, 2.24) is 5.32 Å². The number of benzene rings is 2. The van der Waals surface area contributed by atoms with E-state index in [2.05, 4.69) is 5.32 Å². The van der Waals surface area contributed by atoms with Crippen molar-refractivity contribution in [3.8, 4) is 11.5 Å². The van der Waals surface area contributed by atoms with Crippen molar-refractivity contribution in [3.05, 3.63) is 64.9 Å². The van der Waals surface area contributed by atoms with Crippen LogP contribution in [0.15, 0.2) is 48.7 Å². The van der Waals surface area contributed by atoms with Crippen LogP contribution in [0, 0.1) is 0 Å². The van der Waals surface area contributed by atoms with Crippen LogP contribution in [0.1, 0.15) is 11.1 Å². The Kier molecular flexibility index (Phi) is 6.71. The Bertz CT molecular complexity index is 757. The van der Waals surface area contributed by atoms with Crippen LogP contribution in [0.3, 0.4) is 0 Å². The highest BCUT2D eigenvalue weighted by Crippen LogP contribution is 2.27. The summed E-state index contributed by atoms with van der Waals surface area (Å²) < 4.78 is 10.5. The standard InChI is InChI=1S/C19H20ClNO4/c1-24-17-8-3-13(11-18(17)25-2)9-10-21-19(23)16(12-22)14-4-6-15(20)7-5-14/h3-8,11-12,22H,9-10H2,1-2H3,(H,21,23)/b16-12-. The molecule has 1 amide bonds. The molecule has 0 unspecified atom stereocenters. The van der Waals surface area contributed by atoms with Crippen LogP contribution in [-0.4, -0.2) is 31.8 Å². The fraction of sp³-hybridized carbons (Fsp3) is 0.211. The maximum atomic E-state index is 12.3. The molecule has 0 aliphatic rings. The molecule has 2 aromatic rings. The lowest BCUT2D eigenvalue weighted by atomic mass is 10.1. The third-order valence-electron chi connectivity index (χ3n) is 3.68. The van der Waals surface area contributed by atoms with Crippen LogP contribution in [0.2, 0.25) is 5.02 Å². The molecular formula is C19H20ClNO4. The number of halogens is 1. The first-order valence-corrected chi connectivity index (χ1v) is 8.06. The monoisotopic (exact) mass is 361 g/mol. The van der Waals surface area contributed by atoms with Crippen molar-refractivity contribution >= 4 is 23.1 Å². The van der Waals surface area contributed by atoms with Gasteiger partial charge in [0.05, 0.1) is 26.1 Å². The minimum Gasteiger partial charge on any atom is -0.515 e. The minimum atomic E-state index is -0.356. The van der Waals surface area contributed by atoms with Gasteiger partial charge < -0.3 is 19.9 Å². The molecule has 2 rings (SSSR count). The molecule has 0 aliphatic carbocycles. The Morgan fingerprint density at radius 3 is 2.40 bits per heavy atom. The first kappa shape index (κ1) is 18.7. The van der Waals surface area contributed by atoms with Gasteiger partial charge >= 0.3 is 0 Å². The molecule has 0 aliphatic heterocycles. The zero-order valence-corrected chi connectivity index (χ0v) is 14.8. The molecule has 0 saturated heterocycles. The summed E-state index contributed by atoms with van der Waals surface area (Å²) in [6.07, 6.45) is 1.42. The van der Waals surface area contributed by atoms with Gasteiger partial charge in [-0.1, -0.05) is 29.8 Å². The SMILES string of the molecule is COc1ccc(CCNC(=O)/C(=C\O)c2ccc(Cl)cc2)cc1OC. The van der Waals surface area contributed by atoms with Crippen molar-refractivity contribution in [2.24, 2.45) is 0 Å². The number of ether oxygens (including phenoxy) is 2. The number of amides is 1. The molecule has 2 aromatic carbocycles. The highest BCUT2D eigenvalue weighted by atomic mass is 35.5. The fourth-order valence-corrected chi connectivity index (χ4v) is 2.47. The number of carbonyl (C=O) groups is 1. The number of rotatable bonds is 7. The second-order valence-electron chi connectivity index (χ2n) is 5.24. The molecule has 25 heavy (non-hydrogen) atoms. The lowest BCUT2D eigenvalue weighted by Gasteiger charge is -2.11. The Balaban J connectivity index is 1.96. The number of nitrogens with one attached hydrogen (secondary N) is 1. The van der Waals surface area contributed by atoms with E-state index in [0.717, 1.165) is 11.8 Å². The third kappa shape index (κ3) is 4.90. The van der Waals surface area contributed by atoms with Gasteiger partial charge in [-0.05, 0) is 41.8 Å². The summed E-state index contributed by atoms with van der Waals surface area (Å²) in [5.74, 6) is 0.942. The van der Waals surface area contributed by atoms with Crippen LogP contribution >= 0.6 is 11.6 Å². The van der Waals surface area contributed by atoms with E-state index in [0.29, 0.717) is 35.1 Å². The molecule has 5 nitrogen and oxygen atoms in total. The summed E-state index contributed by atoms with van der Waals surface area (Å²) >= 11 is 5.84. The normalized spacial score (nSPS) is 11.1. The van der Waals surface area contributed by atoms with Crippen molar-refractivity contribution in [1.29, 1.82) is 0 Å². The molecule has 6 heteroatoms. The maximum absolute atomic E-state index is 12.3. The average Bonchev–Trinajstić information content (AvgIpc) is 2.63. The molecule has 0 radical (unpaired) electrons. The van der Waals surface area contributed by atoms with Gasteiger partial charge in [-0.3, -0.25) is 4.79 Å². The van der Waals surface area contributed by atoms with E-state index in [1.54, 1.807) is 38.5 Å². The van der Waals surface area contributed by atoms with Crippen molar-refractivity contribution in [3.63, 3.8) is 0 Å². The number of hydrogen-bond acceptors (Lipinski definition) is 4. The smallest absolute Gasteiger partial charge is 0.255 e. The summed E-state index contributed by atoms with van der Waals surface area (Å²) in [5, 5.41) is 12.7. The molecule has 0 bridgehead atoms. The van der Waals surface area contributed by atoms with Gasteiger partial charge in [0.1, 0.15) is 0 Å². The van der Waals surface area contributed by atoms with Gasteiger partial charge in [-0.25, -0.2) is 0 Å². The Morgan fingerprint density at radius 1 is 1.12 bits per heavy atom. The molecule has 0 aromatic heterocycles. The quantitative estimate of drug-likeness (QED) is 0.584. The Hall–Kier alpha value is -2.66. The Morgan fingerprint density at radius 2 is 1.80 bits per heavy atom. The Labute approximate surface area is 151 Å². The molecule has 2 N–H and O–H groups in total. The van der Waals surface area contributed by atoms with Crippen molar-refractivity contribution in [2.45, 2.75) is 6.42 Å². The second-order valence-corrected chi connectivity index (χ2v) is 5.68. The minimum absolute atomic E-state index is 0.184. The maximum Gasteiger partial charge on any atom is 0.255 e. The summed E-state index contributed by atoms with van der Waals surface area (Å²) in [5.41, 5.74) is 1.78. The first-order valence-electron chi connectivity index (χ1n) is 7.68. The van der Waals surface area contributed by atoms with E-state index in [1.165, 1.54) is 0 Å². The number of methoxy groups -OCH3 is 2. The summed E-state index contributed by atoms with van der Waals surface area (Å²) in [4.78, 5) is 12.3. The topological polar surface area (TPSA) is 67.8 Å². The largest absolute Gasteiger partial charge is 0.515 e. The van der Waals surface area contributed by atoms with Crippen LogP contribution in [-0.2, 0) is 11.2 Å². The van der Waals surface area contributed by atoms with Gasteiger partial charge in [0, 0.05) is 11.6 Å². The number of hydrogen-bond donors (Lipinski definition) is 2. The van der Waals surface area contributed by atoms with Gasteiger partial charge in [0.25, 0.3) is 5.91 Å². The van der Waals surface area contributed by atoms with Crippen molar-refractivity contribution < 1.29 is 19.4 Å². The summed E-state index contributed by atoms with van der Waals surface area (Å²) in [6.45, 7) is 0.416. The predicted molar refractivity (Wildman–Crippen MR) is 98.3 cm³/mol. The first-order chi connectivity index (χ1) is 12.1. The molecule has 0 spiro atoms. The number of carbonyl (C=O) groups excluding carboxylic acids is 1. The van der Waals surface area contributed by atoms with Crippen LogP contribution < -0.4 is 14.8 Å². The number of aliphatic hydroxyl groups excluding tert-OH is 1. The lowest BCUT2D eigenvalue weighted by Crippen LogP contribution is -2.26. The summed E-state index contributed by atoms with van der Waals surface area (Å²) in [6, 6.07) is 12.3. The van der Waals surface area contributed by atoms with Gasteiger partial charge in [0.2, 0.25) is 0 Å². The van der Waals surface area contributed by atoms with Crippen LogP contribution in [0.25, 0.3) is 5.57 Å². The predicted octanol–water partition coefficient (Wildman–Crippen LogP) is 3.62. The van der Waals surface area contributed by atoms with E-state index in [9.17, 15) is 9.90 Å². The second kappa shape index (κ2) is 8.99. The van der Waals surface area contributed by atoms with Crippen molar-refractivity contribution in [2.75, 3.05) is 20.8 Å². The van der Waals surface area contributed by atoms with E-state index in [1.807, 2.05) is 18.2 Å². The van der Waals surface area contributed by atoms with E-state index in [4.69, 9.17) is 21.1 Å². The zero-order chi connectivity index (χ0) is 18.2. The van der Waals surface area contributed by atoms with Gasteiger partial charge in [-0.2, -0.15) is 0 Å². The highest BCUT2D eigenvalue weighted by molar-refractivity contribution is 6.30. The molecular weight excluding hydrogens is 342 g/mol.